The summed E-state index contributed by atoms with van der Waals surface area (Å²) in [4.78, 5) is 7.61. The summed E-state index contributed by atoms with van der Waals surface area (Å²) in [6.07, 6.45) is -0.271. The second kappa shape index (κ2) is 9.30. The molecular formula is C6H11Cl2O3P. The van der Waals surface area contributed by atoms with Crippen molar-refractivity contribution in [2.24, 2.45) is 0 Å². The Labute approximate surface area is 81.7 Å². The monoisotopic (exact) mass is 232 g/mol. The number of rotatable bonds is 4. The molecule has 0 aromatic rings. The van der Waals surface area contributed by atoms with Crippen LogP contribution in [0.25, 0.3) is 0 Å². The van der Waals surface area contributed by atoms with Crippen LogP contribution < -0.4 is 0 Å². The van der Waals surface area contributed by atoms with Gasteiger partial charge in [0.1, 0.15) is 0 Å². The molecule has 0 aromatic heterocycles. The summed E-state index contributed by atoms with van der Waals surface area (Å²) in [5, 5.41) is 0. The first-order valence-electron chi connectivity index (χ1n) is 2.93. The molecule has 0 bridgehead atoms. The molecule has 0 aliphatic rings. The predicted molar refractivity (Wildman–Crippen MR) is 52.7 cm³/mol. The summed E-state index contributed by atoms with van der Waals surface area (Å²) in [6.45, 7) is 8.18. The number of halogens is 2. The Kier molecular flexibility index (Phi) is 11.4. The van der Waals surface area contributed by atoms with Crippen LogP contribution in [0.5, 0.6) is 0 Å². The fraction of sp³-hybridized carbons (Fsp3) is 0.333. The maximum atomic E-state index is 9.30. The van der Waals surface area contributed by atoms with Gasteiger partial charge in [-0.2, -0.15) is 0 Å². The number of hydrogen-bond donors (Lipinski definition) is 1. The number of hydrogen-bond acceptors (Lipinski definition) is 2. The van der Waals surface area contributed by atoms with E-state index in [9.17, 15) is 4.57 Å². The minimum atomic E-state index is -3.69. The highest BCUT2D eigenvalue weighted by Gasteiger charge is 2.02. The highest BCUT2D eigenvalue weighted by atomic mass is 35.9. The summed E-state index contributed by atoms with van der Waals surface area (Å²) in [5.41, 5.74) is 0. The molecule has 0 radical (unpaired) electrons. The second-order valence-electron chi connectivity index (χ2n) is 1.55. The van der Waals surface area contributed by atoms with E-state index < -0.39 is 6.07 Å². The Morgan fingerprint density at radius 3 is 1.75 bits per heavy atom. The highest BCUT2D eigenvalue weighted by molar-refractivity contribution is 8.04. The first-order chi connectivity index (χ1) is 5.41. The molecule has 0 amide bonds. The summed E-state index contributed by atoms with van der Waals surface area (Å²) < 4.78 is 14.2. The molecule has 0 atom stereocenters. The van der Waals surface area contributed by atoms with Gasteiger partial charge in [-0.15, -0.1) is 13.2 Å². The van der Waals surface area contributed by atoms with E-state index in [4.69, 9.17) is 9.63 Å². The van der Waals surface area contributed by atoms with Gasteiger partial charge in [0.2, 0.25) is 0 Å². The summed E-state index contributed by atoms with van der Waals surface area (Å²) in [6, 6.07) is 0. The normalized spacial score (nSPS) is 9.58. The van der Waals surface area contributed by atoms with Crippen LogP contribution in [0.4, 0.5) is 0 Å². The maximum absolute atomic E-state index is 9.30. The van der Waals surface area contributed by atoms with E-state index in [0.29, 0.717) is 13.2 Å². The minimum Gasteiger partial charge on any atom is -0.373 e. The zero-order chi connectivity index (χ0) is 10.0. The topological polar surface area (TPSA) is 46.5 Å². The van der Waals surface area contributed by atoms with Gasteiger partial charge in [-0.1, -0.05) is 12.2 Å². The molecule has 3 nitrogen and oxygen atoms in total. The van der Waals surface area contributed by atoms with Gasteiger partial charge in [-0.25, -0.2) is 0 Å². The SMILES string of the molecule is C=CCOCC=C.O=P(O)(Cl)Cl. The lowest BCUT2D eigenvalue weighted by molar-refractivity contribution is 0.194. The Bertz CT molecular complexity index is 150. The van der Waals surface area contributed by atoms with Crippen molar-refractivity contribution in [1.82, 2.24) is 0 Å². The zero-order valence-corrected chi connectivity index (χ0v) is 8.86. The van der Waals surface area contributed by atoms with Crippen LogP contribution in [0.1, 0.15) is 0 Å². The first-order valence-corrected chi connectivity index (χ1v) is 6.40. The molecule has 0 saturated heterocycles. The van der Waals surface area contributed by atoms with Crippen molar-refractivity contribution in [3.8, 4) is 0 Å². The van der Waals surface area contributed by atoms with Gasteiger partial charge >= 0.3 is 6.07 Å². The zero-order valence-electron chi connectivity index (χ0n) is 6.45. The third-order valence-electron chi connectivity index (χ3n) is 0.471. The van der Waals surface area contributed by atoms with Crippen LogP contribution in [0.3, 0.4) is 0 Å². The molecule has 12 heavy (non-hydrogen) atoms. The lowest BCUT2D eigenvalue weighted by Crippen LogP contribution is -1.87. The van der Waals surface area contributed by atoms with Crippen molar-refractivity contribution >= 4 is 28.6 Å². The molecule has 0 aromatic carbocycles. The van der Waals surface area contributed by atoms with E-state index in [-0.39, 0.29) is 0 Å². The molecule has 6 heteroatoms. The Hall–Kier alpha value is 0.210. The van der Waals surface area contributed by atoms with Gasteiger partial charge in [0.15, 0.2) is 0 Å². The average Bonchev–Trinajstić information content (AvgIpc) is 1.85. The maximum Gasteiger partial charge on any atom is 0.377 e. The number of ether oxygens (including phenoxy) is 1. The van der Waals surface area contributed by atoms with Gasteiger partial charge in [-0.05, 0) is 22.5 Å². The van der Waals surface area contributed by atoms with Gasteiger partial charge in [0, 0.05) is 0 Å². The van der Waals surface area contributed by atoms with E-state index >= 15 is 0 Å². The van der Waals surface area contributed by atoms with Gasteiger partial charge in [-0.3, -0.25) is 4.57 Å². The van der Waals surface area contributed by atoms with E-state index in [1.165, 1.54) is 0 Å². The van der Waals surface area contributed by atoms with E-state index in [1.807, 2.05) is 0 Å². The van der Waals surface area contributed by atoms with Crippen LogP contribution in [0.2, 0.25) is 0 Å². The van der Waals surface area contributed by atoms with E-state index in [2.05, 4.69) is 35.6 Å². The molecule has 0 aliphatic heterocycles. The van der Waals surface area contributed by atoms with Crippen LogP contribution in [0.15, 0.2) is 25.3 Å². The smallest absolute Gasteiger partial charge is 0.373 e. The van der Waals surface area contributed by atoms with Crippen LogP contribution in [0, 0.1) is 0 Å². The molecule has 72 valence electrons. The lowest BCUT2D eigenvalue weighted by atomic mass is 10.6. The van der Waals surface area contributed by atoms with Crippen LogP contribution >= 0.6 is 28.6 Å². The van der Waals surface area contributed by atoms with Crippen molar-refractivity contribution in [2.75, 3.05) is 13.2 Å². The standard InChI is InChI=1S/C6H10O.Cl2HO2P/c1-3-5-7-6-4-2;1-5(2,3)4/h3-4H,1-2,5-6H2;(H,3,4). The summed E-state index contributed by atoms with van der Waals surface area (Å²) in [5.74, 6) is 0. The van der Waals surface area contributed by atoms with Crippen LogP contribution in [-0.2, 0) is 9.30 Å². The van der Waals surface area contributed by atoms with Crippen molar-refractivity contribution in [1.29, 1.82) is 0 Å². The molecule has 0 aliphatic carbocycles. The van der Waals surface area contributed by atoms with E-state index in [0.717, 1.165) is 0 Å². The summed E-state index contributed by atoms with van der Waals surface area (Å²) >= 11 is 8.81. The van der Waals surface area contributed by atoms with Crippen molar-refractivity contribution < 1.29 is 14.2 Å². The van der Waals surface area contributed by atoms with Crippen molar-refractivity contribution in [3.05, 3.63) is 25.3 Å². The Morgan fingerprint density at radius 2 is 1.58 bits per heavy atom. The van der Waals surface area contributed by atoms with Gasteiger partial charge in [0.25, 0.3) is 0 Å². The third kappa shape index (κ3) is 48.9. The van der Waals surface area contributed by atoms with E-state index in [1.54, 1.807) is 12.2 Å². The molecular weight excluding hydrogens is 222 g/mol. The first kappa shape index (κ1) is 14.7. The Morgan fingerprint density at radius 1 is 1.33 bits per heavy atom. The van der Waals surface area contributed by atoms with Gasteiger partial charge in [0.05, 0.1) is 13.2 Å². The molecule has 0 rings (SSSR count). The summed E-state index contributed by atoms with van der Waals surface area (Å²) in [7, 11) is 0. The molecule has 0 saturated carbocycles. The fourth-order valence-electron chi connectivity index (χ4n) is 0.235. The third-order valence-corrected chi connectivity index (χ3v) is 0.471. The second-order valence-corrected chi connectivity index (χ2v) is 5.69. The van der Waals surface area contributed by atoms with Gasteiger partial charge < -0.3 is 9.63 Å². The molecule has 0 fully saturated rings. The van der Waals surface area contributed by atoms with Crippen LogP contribution in [-0.4, -0.2) is 18.1 Å². The highest BCUT2D eigenvalue weighted by Crippen LogP contribution is 2.51. The fourth-order valence-corrected chi connectivity index (χ4v) is 0.235. The van der Waals surface area contributed by atoms with Crippen molar-refractivity contribution in [3.63, 3.8) is 0 Å². The predicted octanol–water partition coefficient (Wildman–Crippen LogP) is 2.94. The molecule has 0 heterocycles. The quantitative estimate of drug-likeness (QED) is 0.461. The van der Waals surface area contributed by atoms with Crippen molar-refractivity contribution in [2.45, 2.75) is 0 Å². The molecule has 0 unspecified atom stereocenters. The molecule has 0 spiro atoms. The largest absolute Gasteiger partial charge is 0.377 e. The minimum absolute atomic E-state index is 0.617. The lowest BCUT2D eigenvalue weighted by Gasteiger charge is -1.89. The average molecular weight is 233 g/mol. The Balaban J connectivity index is 0. The molecule has 1 N–H and O–H groups in total.